The summed E-state index contributed by atoms with van der Waals surface area (Å²) >= 11 is 0. The van der Waals surface area contributed by atoms with Gasteiger partial charge in [0.15, 0.2) is 0 Å². The summed E-state index contributed by atoms with van der Waals surface area (Å²) in [7, 11) is 0. The summed E-state index contributed by atoms with van der Waals surface area (Å²) in [5, 5.41) is 7.12. The second-order valence-corrected chi connectivity index (χ2v) is 7.92. The average Bonchev–Trinajstić information content (AvgIpc) is 3.15. The van der Waals surface area contributed by atoms with E-state index in [0.29, 0.717) is 17.5 Å². The third kappa shape index (κ3) is 6.22. The Labute approximate surface area is 183 Å². The van der Waals surface area contributed by atoms with E-state index in [2.05, 4.69) is 32.0 Å². The zero-order valence-electron chi connectivity index (χ0n) is 17.5. The van der Waals surface area contributed by atoms with Gasteiger partial charge >= 0.3 is 12.1 Å². The Morgan fingerprint density at radius 1 is 1.16 bits per heavy atom. The lowest BCUT2D eigenvalue weighted by molar-refractivity contribution is -0.192. The molecule has 0 spiro atoms. The number of alkyl halides is 3. The summed E-state index contributed by atoms with van der Waals surface area (Å²) in [6.07, 6.45) is 0.705. The number of nitrogens with zero attached hydrogens (tertiary/aromatic N) is 5. The van der Waals surface area contributed by atoms with E-state index in [1.165, 1.54) is 0 Å². The van der Waals surface area contributed by atoms with Crippen molar-refractivity contribution in [3.63, 3.8) is 0 Å². The number of hydrogen-bond donors (Lipinski definition) is 1. The number of carbonyl (C=O) groups is 2. The Balaban J connectivity index is 0.000000360. The van der Waals surface area contributed by atoms with Crippen LogP contribution in [0.25, 0.3) is 0 Å². The second-order valence-electron chi connectivity index (χ2n) is 7.92. The topological polar surface area (TPSA) is 99.5 Å². The Kier molecular flexibility index (Phi) is 7.39. The first kappa shape index (κ1) is 23.6. The van der Waals surface area contributed by atoms with E-state index >= 15 is 0 Å². The molecule has 32 heavy (non-hydrogen) atoms. The summed E-state index contributed by atoms with van der Waals surface area (Å²) in [5.74, 6) is -1.53. The van der Waals surface area contributed by atoms with Crippen molar-refractivity contribution in [1.29, 1.82) is 0 Å². The number of aromatic nitrogens is 3. The predicted molar refractivity (Wildman–Crippen MR) is 107 cm³/mol. The van der Waals surface area contributed by atoms with Crippen LogP contribution in [0.2, 0.25) is 0 Å². The van der Waals surface area contributed by atoms with E-state index in [0.717, 1.165) is 50.5 Å². The van der Waals surface area contributed by atoms with E-state index in [4.69, 9.17) is 9.90 Å². The molecule has 11 heteroatoms. The van der Waals surface area contributed by atoms with E-state index in [1.807, 2.05) is 17.9 Å². The molecule has 2 saturated heterocycles. The zero-order chi connectivity index (χ0) is 23.3. The SMILES string of the molecule is Cc1cccc(CN2C[C@H]3CCN(C(=O)c4cnccn4)C[C@H]3C2)n1.O=C(O)C(F)(F)F. The number of rotatable bonds is 3. The molecule has 2 aliphatic rings. The van der Waals surface area contributed by atoms with Crippen LogP contribution >= 0.6 is 0 Å². The first-order valence-corrected chi connectivity index (χ1v) is 10.1. The lowest BCUT2D eigenvalue weighted by atomic mass is 9.88. The van der Waals surface area contributed by atoms with Crippen molar-refractivity contribution in [1.82, 2.24) is 24.8 Å². The number of halogens is 3. The van der Waals surface area contributed by atoms with Crippen LogP contribution in [0.3, 0.4) is 0 Å². The van der Waals surface area contributed by atoms with Crippen LogP contribution in [0.5, 0.6) is 0 Å². The standard InChI is InChI=1S/C19H23N5O.C2HF3O2/c1-14-3-2-4-17(22-14)13-23-10-15-5-8-24(12-16(15)11-23)19(25)18-9-20-6-7-21-18;3-2(4,5)1(6)7/h2-4,6-7,9,15-16H,5,8,10-13H2,1H3;(H,6,7)/t15-,16-;/m1./s1. The fourth-order valence-electron chi connectivity index (χ4n) is 4.07. The van der Waals surface area contributed by atoms with Gasteiger partial charge in [0.1, 0.15) is 5.69 Å². The predicted octanol–water partition coefficient (Wildman–Crippen LogP) is 2.41. The number of aliphatic carboxylic acids is 1. The Morgan fingerprint density at radius 3 is 2.50 bits per heavy atom. The van der Waals surface area contributed by atoms with Gasteiger partial charge in [-0.05, 0) is 37.3 Å². The summed E-state index contributed by atoms with van der Waals surface area (Å²) in [6.45, 7) is 6.69. The van der Waals surface area contributed by atoms with Gasteiger partial charge < -0.3 is 10.0 Å². The van der Waals surface area contributed by atoms with Crippen molar-refractivity contribution >= 4 is 11.9 Å². The Morgan fingerprint density at radius 2 is 1.88 bits per heavy atom. The number of piperidine rings is 1. The van der Waals surface area contributed by atoms with Gasteiger partial charge in [-0.1, -0.05) is 6.07 Å². The molecule has 2 aromatic rings. The molecule has 0 radical (unpaired) electrons. The maximum absolute atomic E-state index is 12.6. The minimum Gasteiger partial charge on any atom is -0.475 e. The fourth-order valence-corrected chi connectivity index (χ4v) is 4.07. The number of carbonyl (C=O) groups excluding carboxylic acids is 1. The van der Waals surface area contributed by atoms with Crippen molar-refractivity contribution in [3.8, 4) is 0 Å². The van der Waals surface area contributed by atoms with Gasteiger partial charge in [-0.15, -0.1) is 0 Å². The van der Waals surface area contributed by atoms with E-state index in [-0.39, 0.29) is 5.91 Å². The molecule has 2 fully saturated rings. The summed E-state index contributed by atoms with van der Waals surface area (Å²) in [6, 6.07) is 6.20. The molecule has 0 saturated carbocycles. The van der Waals surface area contributed by atoms with Crippen LogP contribution in [0.4, 0.5) is 13.2 Å². The summed E-state index contributed by atoms with van der Waals surface area (Å²) < 4.78 is 31.7. The second kappa shape index (κ2) is 10.0. The molecule has 2 aromatic heterocycles. The fraction of sp³-hybridized carbons (Fsp3) is 0.476. The lowest BCUT2D eigenvalue weighted by Gasteiger charge is -2.34. The van der Waals surface area contributed by atoms with Crippen molar-refractivity contribution in [2.24, 2.45) is 11.8 Å². The monoisotopic (exact) mass is 451 g/mol. The average molecular weight is 451 g/mol. The minimum absolute atomic E-state index is 0.00495. The highest BCUT2D eigenvalue weighted by molar-refractivity contribution is 5.92. The zero-order valence-corrected chi connectivity index (χ0v) is 17.5. The van der Waals surface area contributed by atoms with Crippen molar-refractivity contribution < 1.29 is 27.9 Å². The van der Waals surface area contributed by atoms with Gasteiger partial charge in [0.2, 0.25) is 0 Å². The first-order valence-electron chi connectivity index (χ1n) is 10.1. The molecular formula is C21H24F3N5O3. The molecule has 4 rings (SSSR count). The summed E-state index contributed by atoms with van der Waals surface area (Å²) in [5.41, 5.74) is 2.64. The maximum atomic E-state index is 12.6. The van der Waals surface area contributed by atoms with Crippen LogP contribution in [-0.2, 0) is 11.3 Å². The molecule has 2 aliphatic heterocycles. The molecule has 1 N–H and O–H groups in total. The molecule has 0 aliphatic carbocycles. The first-order chi connectivity index (χ1) is 15.1. The van der Waals surface area contributed by atoms with Crippen molar-refractivity contribution in [3.05, 3.63) is 53.9 Å². The number of carboxylic acids is 1. The van der Waals surface area contributed by atoms with Crippen LogP contribution < -0.4 is 0 Å². The van der Waals surface area contributed by atoms with Gasteiger partial charge in [-0.2, -0.15) is 13.2 Å². The highest BCUT2D eigenvalue weighted by Gasteiger charge is 2.39. The molecule has 8 nitrogen and oxygen atoms in total. The quantitative estimate of drug-likeness (QED) is 0.765. The number of carboxylic acid groups (broad SMARTS) is 1. The number of amides is 1. The molecule has 1 amide bonds. The molecule has 0 bridgehead atoms. The van der Waals surface area contributed by atoms with E-state index < -0.39 is 12.1 Å². The number of aryl methyl sites for hydroxylation is 1. The van der Waals surface area contributed by atoms with Crippen molar-refractivity contribution in [2.45, 2.75) is 26.1 Å². The van der Waals surface area contributed by atoms with Crippen LogP contribution in [-0.4, -0.2) is 74.1 Å². The van der Waals surface area contributed by atoms with Gasteiger partial charge in [-0.25, -0.2) is 9.78 Å². The smallest absolute Gasteiger partial charge is 0.475 e. The highest BCUT2D eigenvalue weighted by atomic mass is 19.4. The van der Waals surface area contributed by atoms with Gasteiger partial charge in [-0.3, -0.25) is 19.7 Å². The van der Waals surface area contributed by atoms with Crippen LogP contribution in [0, 0.1) is 18.8 Å². The minimum atomic E-state index is -5.08. The van der Waals surface area contributed by atoms with Crippen LogP contribution in [0.1, 0.15) is 28.3 Å². The van der Waals surface area contributed by atoms with Gasteiger partial charge in [0.25, 0.3) is 5.91 Å². The largest absolute Gasteiger partial charge is 0.490 e. The number of fused-ring (bicyclic) bond motifs is 1. The van der Waals surface area contributed by atoms with Crippen molar-refractivity contribution in [2.75, 3.05) is 26.2 Å². The lowest BCUT2D eigenvalue weighted by Crippen LogP contribution is -2.43. The molecule has 172 valence electrons. The summed E-state index contributed by atoms with van der Waals surface area (Å²) in [4.78, 5) is 38.7. The number of likely N-dealkylation sites (tertiary alicyclic amines) is 2. The van der Waals surface area contributed by atoms with Gasteiger partial charge in [0, 0.05) is 50.8 Å². The third-order valence-electron chi connectivity index (χ3n) is 5.52. The van der Waals surface area contributed by atoms with E-state index in [9.17, 15) is 18.0 Å². The molecule has 2 atom stereocenters. The molecular weight excluding hydrogens is 427 g/mol. The molecule has 0 unspecified atom stereocenters. The van der Waals surface area contributed by atoms with Crippen LogP contribution in [0.15, 0.2) is 36.8 Å². The molecule has 4 heterocycles. The Hall–Kier alpha value is -3.08. The maximum Gasteiger partial charge on any atom is 0.490 e. The van der Waals surface area contributed by atoms with E-state index in [1.54, 1.807) is 18.6 Å². The normalized spacial score (nSPS) is 20.8. The Bertz CT molecular complexity index is 942. The third-order valence-corrected chi connectivity index (χ3v) is 5.52. The van der Waals surface area contributed by atoms with Gasteiger partial charge in [0.05, 0.1) is 11.9 Å². The number of pyridine rings is 1. The highest BCUT2D eigenvalue weighted by Crippen LogP contribution is 2.32. The molecule has 0 aromatic carbocycles. The number of hydrogen-bond acceptors (Lipinski definition) is 6.